The van der Waals surface area contributed by atoms with Crippen molar-refractivity contribution in [3.05, 3.63) is 0 Å². The molecular weight excluding hydrogens is 195 g/mol. The van der Waals surface area contributed by atoms with Crippen molar-refractivity contribution in [3.63, 3.8) is 0 Å². The summed E-state index contributed by atoms with van der Waals surface area (Å²) < 4.78 is 0. The van der Waals surface area contributed by atoms with Crippen molar-refractivity contribution in [1.82, 2.24) is 0 Å². The van der Waals surface area contributed by atoms with E-state index < -0.39 is 0 Å². The molecule has 1 nitrogen and oxygen atoms in total. The van der Waals surface area contributed by atoms with Gasteiger partial charge in [0, 0.05) is 15.0 Å². The third-order valence-electron chi connectivity index (χ3n) is 3.01. The van der Waals surface area contributed by atoms with E-state index in [0.717, 1.165) is 6.42 Å². The molecule has 1 N–H and O–H groups in total. The van der Waals surface area contributed by atoms with Crippen LogP contribution in [0.4, 0.5) is 0 Å². The zero-order valence-corrected chi connectivity index (χ0v) is 11.2. The van der Waals surface area contributed by atoms with Gasteiger partial charge in [-0.2, -0.15) is 0 Å². The van der Waals surface area contributed by atoms with Crippen LogP contribution in [-0.2, 0) is 0 Å². The molecule has 0 rings (SSSR count). The highest BCUT2D eigenvalue weighted by Crippen LogP contribution is 2.11. The lowest BCUT2D eigenvalue weighted by Crippen LogP contribution is -1.84. The molecule has 95 valence electrons. The first-order valence-electron chi connectivity index (χ1n) is 7.02. The van der Waals surface area contributed by atoms with Gasteiger partial charge < -0.3 is 5.11 Å². The summed E-state index contributed by atoms with van der Waals surface area (Å²) in [4.78, 5) is 0. The molecule has 0 aromatic carbocycles. The van der Waals surface area contributed by atoms with E-state index in [1.165, 1.54) is 70.6 Å². The summed E-state index contributed by atoms with van der Waals surface area (Å²) in [7, 11) is 0. The molecule has 16 heavy (non-hydrogen) atoms. The average Bonchev–Trinajstić information content (AvgIpc) is 2.26. The second kappa shape index (κ2) is 17.4. The van der Waals surface area contributed by atoms with Crippen molar-refractivity contribution in [2.75, 3.05) is 6.61 Å². The normalized spacial score (nSPS) is 10.1. The van der Waals surface area contributed by atoms with Gasteiger partial charge in [-0.1, -0.05) is 77.6 Å². The zero-order valence-electron chi connectivity index (χ0n) is 11.2. The molecule has 0 unspecified atom stereocenters. The molecule has 0 aliphatic rings. The van der Waals surface area contributed by atoms with Crippen LogP contribution in [0.1, 0.15) is 84.0 Å². The lowest BCUT2D eigenvalue weighted by atomic mass is 10.1. The lowest BCUT2D eigenvalue weighted by molar-refractivity contribution is 0.282. The van der Waals surface area contributed by atoms with Gasteiger partial charge in [-0.15, -0.1) is 0 Å². The predicted octanol–water partition coefficient (Wildman–Crippen LogP) is 4.30. The van der Waals surface area contributed by atoms with Gasteiger partial charge in [0.1, 0.15) is 0 Å². The van der Waals surface area contributed by atoms with Crippen LogP contribution < -0.4 is 0 Å². The third-order valence-corrected chi connectivity index (χ3v) is 3.01. The molecule has 0 aliphatic heterocycles. The molecule has 0 saturated carbocycles. The molecule has 0 aromatic rings. The Morgan fingerprint density at radius 1 is 0.562 bits per heavy atom. The molecule has 3 radical (unpaired) electrons. The Morgan fingerprint density at radius 3 is 1.19 bits per heavy atom. The molecule has 0 atom stereocenters. The summed E-state index contributed by atoms with van der Waals surface area (Å²) in [5, 5.41) is 8.61. The van der Waals surface area contributed by atoms with Crippen LogP contribution in [0.5, 0.6) is 0 Å². The lowest BCUT2D eigenvalue weighted by Gasteiger charge is -2.01. The van der Waals surface area contributed by atoms with E-state index >= 15 is 0 Å². The highest BCUT2D eigenvalue weighted by molar-refractivity contribution is 5.75. The van der Waals surface area contributed by atoms with Crippen LogP contribution in [0.3, 0.4) is 0 Å². The summed E-state index contributed by atoms with van der Waals surface area (Å²) >= 11 is 0. The third kappa shape index (κ3) is 16.5. The van der Waals surface area contributed by atoms with Crippen LogP contribution in [0.2, 0.25) is 0 Å². The molecule has 0 bridgehead atoms. The molecule has 0 aromatic heterocycles. The van der Waals surface area contributed by atoms with E-state index in [1.54, 1.807) is 0 Å². The topological polar surface area (TPSA) is 20.2 Å². The molecular formula is C14H30BO. The van der Waals surface area contributed by atoms with Crippen molar-refractivity contribution >= 4 is 8.41 Å². The number of hydrogen-bond acceptors (Lipinski definition) is 1. The Kier molecular flexibility index (Phi) is 20.0. The van der Waals surface area contributed by atoms with Crippen LogP contribution >= 0.6 is 0 Å². The molecule has 0 fully saturated rings. The fourth-order valence-corrected chi connectivity index (χ4v) is 1.95. The molecule has 0 saturated heterocycles. The minimum atomic E-state index is 0. The SMILES string of the molecule is CCCCCCCCCCCCCCO.[B]. The van der Waals surface area contributed by atoms with Crippen molar-refractivity contribution in [3.8, 4) is 0 Å². The number of aliphatic hydroxyl groups is 1. The first-order valence-corrected chi connectivity index (χ1v) is 7.02. The van der Waals surface area contributed by atoms with Crippen LogP contribution in [0, 0.1) is 0 Å². The van der Waals surface area contributed by atoms with Crippen molar-refractivity contribution in [2.45, 2.75) is 84.0 Å². The van der Waals surface area contributed by atoms with Gasteiger partial charge in [0.05, 0.1) is 0 Å². The summed E-state index contributed by atoms with van der Waals surface area (Å²) in [5.41, 5.74) is 0. The fourth-order valence-electron chi connectivity index (χ4n) is 1.95. The van der Waals surface area contributed by atoms with Gasteiger partial charge in [0.15, 0.2) is 0 Å². The number of hydrogen-bond donors (Lipinski definition) is 1. The molecule has 0 spiro atoms. The van der Waals surface area contributed by atoms with Crippen LogP contribution in [0.15, 0.2) is 0 Å². The molecule has 2 heteroatoms. The van der Waals surface area contributed by atoms with Gasteiger partial charge >= 0.3 is 0 Å². The van der Waals surface area contributed by atoms with Gasteiger partial charge in [-0.3, -0.25) is 0 Å². The quantitative estimate of drug-likeness (QED) is 0.388. The first-order chi connectivity index (χ1) is 7.41. The van der Waals surface area contributed by atoms with E-state index in [0.29, 0.717) is 6.61 Å². The van der Waals surface area contributed by atoms with Gasteiger partial charge in [0.2, 0.25) is 0 Å². The van der Waals surface area contributed by atoms with Gasteiger partial charge in [-0.05, 0) is 6.42 Å². The van der Waals surface area contributed by atoms with Crippen molar-refractivity contribution in [1.29, 1.82) is 0 Å². The van der Waals surface area contributed by atoms with Gasteiger partial charge in [-0.25, -0.2) is 0 Å². The van der Waals surface area contributed by atoms with Crippen LogP contribution in [-0.4, -0.2) is 20.1 Å². The Bertz CT molecular complexity index is 94.9. The van der Waals surface area contributed by atoms with E-state index in [2.05, 4.69) is 6.92 Å². The number of aliphatic hydroxyl groups excluding tert-OH is 1. The van der Waals surface area contributed by atoms with E-state index in [1.807, 2.05) is 0 Å². The predicted molar refractivity (Wildman–Crippen MR) is 73.9 cm³/mol. The second-order valence-electron chi connectivity index (χ2n) is 4.61. The maximum atomic E-state index is 8.61. The average molecular weight is 225 g/mol. The summed E-state index contributed by atoms with van der Waals surface area (Å²) in [6.07, 6.45) is 16.2. The highest BCUT2D eigenvalue weighted by Gasteiger charge is 1.92. The minimum Gasteiger partial charge on any atom is -0.396 e. The number of rotatable bonds is 12. The summed E-state index contributed by atoms with van der Waals surface area (Å²) in [6.45, 7) is 2.64. The Morgan fingerprint density at radius 2 is 0.875 bits per heavy atom. The van der Waals surface area contributed by atoms with Crippen molar-refractivity contribution in [2.24, 2.45) is 0 Å². The Balaban J connectivity index is 0. The van der Waals surface area contributed by atoms with E-state index in [4.69, 9.17) is 5.11 Å². The molecule has 0 heterocycles. The van der Waals surface area contributed by atoms with Gasteiger partial charge in [0.25, 0.3) is 0 Å². The molecule has 0 aliphatic carbocycles. The fraction of sp³-hybridized carbons (Fsp3) is 1.00. The van der Waals surface area contributed by atoms with Crippen molar-refractivity contribution < 1.29 is 5.11 Å². The van der Waals surface area contributed by atoms with E-state index in [-0.39, 0.29) is 8.41 Å². The monoisotopic (exact) mass is 225 g/mol. The summed E-state index contributed by atoms with van der Waals surface area (Å²) in [6, 6.07) is 0. The standard InChI is InChI=1S/C14H30O.B/c1-2-3-4-5-6-7-8-9-10-11-12-13-14-15;/h15H,2-14H2,1H3;. The first kappa shape index (κ1) is 18.4. The minimum absolute atomic E-state index is 0. The summed E-state index contributed by atoms with van der Waals surface area (Å²) in [5.74, 6) is 0. The Labute approximate surface area is 105 Å². The Hall–Kier alpha value is 0.0249. The maximum Gasteiger partial charge on any atom is 0.0431 e. The zero-order chi connectivity index (χ0) is 11.2. The van der Waals surface area contributed by atoms with Crippen LogP contribution in [0.25, 0.3) is 0 Å². The maximum absolute atomic E-state index is 8.61. The van der Waals surface area contributed by atoms with E-state index in [9.17, 15) is 0 Å². The largest absolute Gasteiger partial charge is 0.396 e. The highest BCUT2D eigenvalue weighted by atomic mass is 16.2. The molecule has 0 amide bonds. The smallest absolute Gasteiger partial charge is 0.0431 e. The second-order valence-corrected chi connectivity index (χ2v) is 4.61. The number of unbranched alkanes of at least 4 members (excludes halogenated alkanes) is 11.